The van der Waals surface area contributed by atoms with Crippen LogP contribution in [0.15, 0.2) is 21.7 Å². The molecule has 0 aliphatic rings. The highest BCUT2D eigenvalue weighted by atomic mass is 32.1. The van der Waals surface area contributed by atoms with Gasteiger partial charge in [-0.2, -0.15) is 0 Å². The van der Waals surface area contributed by atoms with E-state index < -0.39 is 0 Å². The number of carbonyl (C=O) groups is 1. The summed E-state index contributed by atoms with van der Waals surface area (Å²) in [4.78, 5) is 17.6. The molecule has 1 N–H and O–H groups in total. The van der Waals surface area contributed by atoms with E-state index >= 15 is 0 Å². The van der Waals surface area contributed by atoms with Crippen LogP contribution < -0.4 is 5.32 Å². The van der Waals surface area contributed by atoms with Gasteiger partial charge in [-0.1, -0.05) is 0 Å². The van der Waals surface area contributed by atoms with Gasteiger partial charge in [0.1, 0.15) is 0 Å². The van der Waals surface area contributed by atoms with Crippen LogP contribution in [0.2, 0.25) is 0 Å². The molecule has 6 heteroatoms. The van der Waals surface area contributed by atoms with Crippen LogP contribution in [0.4, 0.5) is 0 Å². The Morgan fingerprint density at radius 1 is 1.47 bits per heavy atom. The van der Waals surface area contributed by atoms with Crippen molar-refractivity contribution in [3.8, 4) is 0 Å². The van der Waals surface area contributed by atoms with Crippen molar-refractivity contribution >= 4 is 41.2 Å². The lowest BCUT2D eigenvalue weighted by Gasteiger charge is -2.01. The quantitative estimate of drug-likeness (QED) is 0.848. The van der Waals surface area contributed by atoms with Crippen molar-refractivity contribution in [2.75, 3.05) is 6.54 Å². The Hall–Kier alpha value is -0.850. The number of rotatable bonds is 4. The van der Waals surface area contributed by atoms with Gasteiger partial charge >= 0.3 is 0 Å². The maximum absolute atomic E-state index is 11.7. The summed E-state index contributed by atoms with van der Waals surface area (Å²) in [6, 6.07) is 1.77. The molecular formula is C11H12N2OS3. The zero-order valence-corrected chi connectivity index (χ0v) is 11.8. The molecule has 2 heterocycles. The fourth-order valence-electron chi connectivity index (χ4n) is 1.36. The summed E-state index contributed by atoms with van der Waals surface area (Å²) in [5.41, 5.74) is 1.04. The number of hydrogen-bond acceptors (Lipinski definition) is 5. The predicted molar refractivity (Wildman–Crippen MR) is 74.5 cm³/mol. The average molecular weight is 284 g/mol. The van der Waals surface area contributed by atoms with Gasteiger partial charge in [-0.15, -0.1) is 35.3 Å². The first-order valence-electron chi connectivity index (χ1n) is 5.12. The van der Waals surface area contributed by atoms with E-state index in [2.05, 4.69) is 22.9 Å². The summed E-state index contributed by atoms with van der Waals surface area (Å²) >= 11 is 7.21. The minimum atomic E-state index is -0.0396. The second-order valence-corrected chi connectivity index (χ2v) is 6.02. The van der Waals surface area contributed by atoms with Gasteiger partial charge in [0.25, 0.3) is 5.91 Å². The molecule has 0 atom stereocenters. The van der Waals surface area contributed by atoms with E-state index in [0.717, 1.165) is 22.0 Å². The molecule has 0 aliphatic heterocycles. The van der Waals surface area contributed by atoms with Gasteiger partial charge in [-0.25, -0.2) is 4.98 Å². The van der Waals surface area contributed by atoms with E-state index in [1.165, 1.54) is 11.3 Å². The number of aryl methyl sites for hydroxylation is 1. The summed E-state index contributed by atoms with van der Waals surface area (Å²) < 4.78 is 0. The lowest BCUT2D eigenvalue weighted by molar-refractivity contribution is 0.0958. The second-order valence-electron chi connectivity index (χ2n) is 3.53. The van der Waals surface area contributed by atoms with Crippen LogP contribution in [0.3, 0.4) is 0 Å². The topological polar surface area (TPSA) is 42.0 Å². The van der Waals surface area contributed by atoms with Crippen molar-refractivity contribution in [2.24, 2.45) is 0 Å². The van der Waals surface area contributed by atoms with Crippen LogP contribution >= 0.6 is 35.3 Å². The Morgan fingerprint density at radius 3 is 2.88 bits per heavy atom. The van der Waals surface area contributed by atoms with Crippen molar-refractivity contribution in [1.29, 1.82) is 0 Å². The Labute approximate surface area is 113 Å². The Morgan fingerprint density at radius 2 is 2.29 bits per heavy atom. The lowest BCUT2D eigenvalue weighted by atomic mass is 10.3. The number of hydrogen-bond donors (Lipinski definition) is 2. The summed E-state index contributed by atoms with van der Waals surface area (Å²) in [5.74, 6) is -0.0396. The van der Waals surface area contributed by atoms with Gasteiger partial charge in [-0.05, 0) is 13.0 Å². The number of nitrogens with one attached hydrogen (secondary N) is 1. The summed E-state index contributed by atoms with van der Waals surface area (Å²) in [6.07, 6.45) is 0.773. The molecule has 0 radical (unpaired) electrons. The van der Waals surface area contributed by atoms with E-state index in [1.807, 2.05) is 17.7 Å². The highest BCUT2D eigenvalue weighted by molar-refractivity contribution is 7.80. The van der Waals surface area contributed by atoms with Crippen LogP contribution in [-0.2, 0) is 6.42 Å². The molecule has 0 saturated carbocycles. The third-order valence-electron chi connectivity index (χ3n) is 2.14. The van der Waals surface area contributed by atoms with Gasteiger partial charge in [0.05, 0.1) is 15.6 Å². The van der Waals surface area contributed by atoms with Crippen molar-refractivity contribution < 1.29 is 4.79 Å². The van der Waals surface area contributed by atoms with Gasteiger partial charge < -0.3 is 5.32 Å². The van der Waals surface area contributed by atoms with Crippen LogP contribution in [0, 0.1) is 6.92 Å². The number of thiazole rings is 1. The first-order valence-corrected chi connectivity index (χ1v) is 7.32. The van der Waals surface area contributed by atoms with E-state index in [1.54, 1.807) is 17.4 Å². The van der Waals surface area contributed by atoms with Gasteiger partial charge in [-0.3, -0.25) is 4.79 Å². The molecule has 0 aromatic carbocycles. The lowest BCUT2D eigenvalue weighted by Crippen LogP contribution is -2.24. The number of amides is 1. The highest BCUT2D eigenvalue weighted by Crippen LogP contribution is 2.17. The molecule has 17 heavy (non-hydrogen) atoms. The van der Waals surface area contributed by atoms with E-state index in [4.69, 9.17) is 0 Å². The molecule has 90 valence electrons. The Balaban J connectivity index is 1.81. The normalized spacial score (nSPS) is 10.5. The fraction of sp³-hybridized carbons (Fsp3) is 0.273. The monoisotopic (exact) mass is 284 g/mol. The van der Waals surface area contributed by atoms with E-state index in [9.17, 15) is 4.79 Å². The molecule has 0 spiro atoms. The molecular weight excluding hydrogens is 272 g/mol. The number of carbonyl (C=O) groups excluding carboxylic acids is 1. The van der Waals surface area contributed by atoms with Crippen molar-refractivity contribution in [3.63, 3.8) is 0 Å². The van der Waals surface area contributed by atoms with E-state index in [0.29, 0.717) is 11.4 Å². The Bertz CT molecular complexity index is 518. The zero-order valence-electron chi connectivity index (χ0n) is 9.27. The highest BCUT2D eigenvalue weighted by Gasteiger charge is 2.07. The number of aromatic nitrogens is 1. The van der Waals surface area contributed by atoms with Crippen molar-refractivity contribution in [1.82, 2.24) is 10.3 Å². The fourth-order valence-corrected chi connectivity index (χ4v) is 3.07. The molecule has 0 bridgehead atoms. The predicted octanol–water partition coefficient (Wildman–Crippen LogP) is 2.77. The minimum Gasteiger partial charge on any atom is -0.351 e. The van der Waals surface area contributed by atoms with Gasteiger partial charge in [0.15, 0.2) is 0 Å². The first kappa shape index (κ1) is 12.6. The zero-order chi connectivity index (χ0) is 12.3. The molecule has 3 nitrogen and oxygen atoms in total. The number of thiol groups is 1. The first-order chi connectivity index (χ1) is 8.15. The van der Waals surface area contributed by atoms with Gasteiger partial charge in [0.2, 0.25) is 0 Å². The van der Waals surface area contributed by atoms with Crippen LogP contribution in [-0.4, -0.2) is 17.4 Å². The van der Waals surface area contributed by atoms with Crippen molar-refractivity contribution in [2.45, 2.75) is 18.2 Å². The standard InChI is InChI=1S/C11H12N2OS3/c1-7-13-8(5-16-7)2-3-12-11(14)10-4-9(15)6-17-10/h4-6,15H,2-3H2,1H3,(H,12,14). The molecule has 2 aromatic heterocycles. The maximum Gasteiger partial charge on any atom is 0.261 e. The molecule has 2 aromatic rings. The Kier molecular flexibility index (Phi) is 4.20. The summed E-state index contributed by atoms with van der Waals surface area (Å²) in [5, 5.41) is 7.81. The second kappa shape index (κ2) is 5.66. The number of nitrogens with zero attached hydrogens (tertiary/aromatic N) is 1. The van der Waals surface area contributed by atoms with Crippen LogP contribution in [0.5, 0.6) is 0 Å². The molecule has 0 aliphatic carbocycles. The third kappa shape index (κ3) is 3.55. The SMILES string of the molecule is Cc1nc(CCNC(=O)c2cc(S)cs2)cs1. The molecule has 0 fully saturated rings. The smallest absolute Gasteiger partial charge is 0.261 e. The van der Waals surface area contributed by atoms with Crippen LogP contribution in [0.1, 0.15) is 20.4 Å². The minimum absolute atomic E-state index is 0.0396. The van der Waals surface area contributed by atoms with Crippen molar-refractivity contribution in [3.05, 3.63) is 32.4 Å². The number of thiophene rings is 1. The summed E-state index contributed by atoms with van der Waals surface area (Å²) in [7, 11) is 0. The maximum atomic E-state index is 11.7. The van der Waals surface area contributed by atoms with Crippen LogP contribution in [0.25, 0.3) is 0 Å². The largest absolute Gasteiger partial charge is 0.351 e. The van der Waals surface area contributed by atoms with E-state index in [-0.39, 0.29) is 5.91 Å². The molecule has 2 rings (SSSR count). The molecule has 0 saturated heterocycles. The summed E-state index contributed by atoms with van der Waals surface area (Å²) in [6.45, 7) is 2.59. The third-order valence-corrected chi connectivity index (χ3v) is 4.33. The average Bonchev–Trinajstić information content (AvgIpc) is 2.88. The molecule has 1 amide bonds. The molecule has 0 unspecified atom stereocenters. The van der Waals surface area contributed by atoms with Gasteiger partial charge in [0, 0.05) is 28.6 Å².